The lowest BCUT2D eigenvalue weighted by molar-refractivity contribution is 0.199. The second-order valence-electron chi connectivity index (χ2n) is 4.80. The molecule has 22 heavy (non-hydrogen) atoms. The van der Waals surface area contributed by atoms with Crippen LogP contribution in [0.5, 0.6) is 5.75 Å². The van der Waals surface area contributed by atoms with E-state index in [1.54, 1.807) is 7.11 Å². The summed E-state index contributed by atoms with van der Waals surface area (Å²) in [5.41, 5.74) is 2.07. The molecule has 2 aromatic rings. The molecule has 0 spiro atoms. The maximum atomic E-state index is 6.16. The molecule has 0 aliphatic carbocycles. The third-order valence-corrected chi connectivity index (χ3v) is 4.02. The van der Waals surface area contributed by atoms with Crippen molar-refractivity contribution in [2.45, 2.75) is 13.2 Å². The molecular weight excluding hydrogens is 366 g/mol. The van der Waals surface area contributed by atoms with Crippen LogP contribution < -0.4 is 10.1 Å². The number of hydrogen-bond donors (Lipinski definition) is 1. The van der Waals surface area contributed by atoms with Gasteiger partial charge in [-0.3, -0.25) is 0 Å². The van der Waals surface area contributed by atoms with Crippen LogP contribution in [0.2, 0.25) is 5.02 Å². The first-order valence-corrected chi connectivity index (χ1v) is 8.22. The van der Waals surface area contributed by atoms with Gasteiger partial charge in [0.25, 0.3) is 0 Å². The van der Waals surface area contributed by atoms with E-state index in [-0.39, 0.29) is 0 Å². The highest BCUT2D eigenvalue weighted by Gasteiger charge is 2.06. The van der Waals surface area contributed by atoms with Crippen LogP contribution in [0.1, 0.15) is 11.1 Å². The molecule has 0 aromatic heterocycles. The van der Waals surface area contributed by atoms with Crippen molar-refractivity contribution < 1.29 is 9.47 Å². The summed E-state index contributed by atoms with van der Waals surface area (Å²) in [6.45, 7) is 2.66. The topological polar surface area (TPSA) is 30.5 Å². The number of nitrogens with one attached hydrogen (secondary N) is 1. The molecule has 3 nitrogen and oxygen atoms in total. The molecule has 0 amide bonds. The molecule has 5 heteroatoms. The van der Waals surface area contributed by atoms with Crippen molar-refractivity contribution in [3.63, 3.8) is 0 Å². The van der Waals surface area contributed by atoms with E-state index >= 15 is 0 Å². The minimum Gasteiger partial charge on any atom is -0.489 e. The number of methoxy groups -OCH3 is 1. The summed E-state index contributed by atoms with van der Waals surface area (Å²) < 4.78 is 12.0. The average molecular weight is 385 g/mol. The van der Waals surface area contributed by atoms with Crippen LogP contribution in [0.3, 0.4) is 0 Å². The zero-order valence-electron chi connectivity index (χ0n) is 12.4. The van der Waals surface area contributed by atoms with Crippen LogP contribution in [-0.4, -0.2) is 20.3 Å². The van der Waals surface area contributed by atoms with Gasteiger partial charge in [-0.2, -0.15) is 0 Å². The Hall–Kier alpha value is -1.07. The molecule has 0 bridgehead atoms. The Labute approximate surface area is 144 Å². The van der Waals surface area contributed by atoms with Gasteiger partial charge in [-0.05, 0) is 24.3 Å². The fraction of sp³-hybridized carbons (Fsp3) is 0.294. The summed E-state index contributed by atoms with van der Waals surface area (Å²) in [4.78, 5) is 0. The molecule has 0 radical (unpaired) electrons. The van der Waals surface area contributed by atoms with Gasteiger partial charge in [0, 0.05) is 40.8 Å². The van der Waals surface area contributed by atoms with Gasteiger partial charge in [-0.25, -0.2) is 0 Å². The third-order valence-electron chi connectivity index (χ3n) is 3.16. The molecule has 0 aliphatic heterocycles. The summed E-state index contributed by atoms with van der Waals surface area (Å²) in [6, 6.07) is 13.7. The fourth-order valence-electron chi connectivity index (χ4n) is 2.00. The molecule has 0 saturated carbocycles. The Balaban J connectivity index is 2.01. The van der Waals surface area contributed by atoms with Gasteiger partial charge in [0.2, 0.25) is 0 Å². The molecule has 0 fully saturated rings. The van der Waals surface area contributed by atoms with Crippen LogP contribution in [0.4, 0.5) is 0 Å². The van der Waals surface area contributed by atoms with E-state index < -0.39 is 0 Å². The highest BCUT2D eigenvalue weighted by atomic mass is 79.9. The first-order valence-electron chi connectivity index (χ1n) is 7.05. The SMILES string of the molecule is COCCNCc1cc(Br)ccc1OCc1ccccc1Cl. The molecule has 0 unspecified atom stereocenters. The Morgan fingerprint density at radius 3 is 2.73 bits per heavy atom. The highest BCUT2D eigenvalue weighted by molar-refractivity contribution is 9.10. The van der Waals surface area contributed by atoms with Crippen molar-refractivity contribution in [1.82, 2.24) is 5.32 Å². The van der Waals surface area contributed by atoms with Crippen molar-refractivity contribution in [3.05, 3.63) is 63.1 Å². The van der Waals surface area contributed by atoms with Crippen LogP contribution in [0, 0.1) is 0 Å². The highest BCUT2D eigenvalue weighted by Crippen LogP contribution is 2.25. The maximum Gasteiger partial charge on any atom is 0.124 e. The minimum atomic E-state index is 0.451. The van der Waals surface area contributed by atoms with Gasteiger partial charge in [0.15, 0.2) is 0 Å². The summed E-state index contributed by atoms with van der Waals surface area (Å²) in [5, 5.41) is 4.05. The summed E-state index contributed by atoms with van der Waals surface area (Å²) in [6.07, 6.45) is 0. The molecule has 0 atom stereocenters. The standard InChI is InChI=1S/C17H19BrClNO2/c1-21-9-8-20-11-14-10-15(18)6-7-17(14)22-12-13-4-2-3-5-16(13)19/h2-7,10,20H,8-9,11-12H2,1H3. The lowest BCUT2D eigenvalue weighted by atomic mass is 10.2. The lowest BCUT2D eigenvalue weighted by Gasteiger charge is -2.13. The van der Waals surface area contributed by atoms with E-state index in [2.05, 4.69) is 27.3 Å². The third kappa shape index (κ3) is 5.29. The molecule has 1 N–H and O–H groups in total. The number of halogens is 2. The van der Waals surface area contributed by atoms with Gasteiger partial charge in [-0.15, -0.1) is 0 Å². The maximum absolute atomic E-state index is 6.16. The number of ether oxygens (including phenoxy) is 2. The van der Waals surface area contributed by atoms with Crippen molar-refractivity contribution in [1.29, 1.82) is 0 Å². The zero-order chi connectivity index (χ0) is 15.8. The van der Waals surface area contributed by atoms with Crippen molar-refractivity contribution in [3.8, 4) is 5.75 Å². The Kier molecular flexibility index (Phi) is 7.19. The van der Waals surface area contributed by atoms with Crippen molar-refractivity contribution >= 4 is 27.5 Å². The predicted octanol–water partition coefficient (Wildman–Crippen LogP) is 4.42. The molecule has 0 saturated heterocycles. The van der Waals surface area contributed by atoms with Crippen LogP contribution in [0.25, 0.3) is 0 Å². The second-order valence-corrected chi connectivity index (χ2v) is 6.12. The van der Waals surface area contributed by atoms with E-state index in [1.165, 1.54) is 0 Å². The summed E-state index contributed by atoms with van der Waals surface area (Å²) >= 11 is 9.66. The number of hydrogen-bond acceptors (Lipinski definition) is 3. The first-order chi connectivity index (χ1) is 10.7. The smallest absolute Gasteiger partial charge is 0.124 e. The second kappa shape index (κ2) is 9.16. The molecule has 2 aromatic carbocycles. The van der Waals surface area contributed by atoms with Gasteiger partial charge in [0.05, 0.1) is 6.61 Å². The minimum absolute atomic E-state index is 0.451. The fourth-order valence-corrected chi connectivity index (χ4v) is 2.59. The molecular formula is C17H19BrClNO2. The Morgan fingerprint density at radius 1 is 1.14 bits per heavy atom. The van der Waals surface area contributed by atoms with Crippen molar-refractivity contribution in [2.75, 3.05) is 20.3 Å². The zero-order valence-corrected chi connectivity index (χ0v) is 14.8. The Morgan fingerprint density at radius 2 is 1.95 bits per heavy atom. The Bertz CT molecular complexity index is 607. The predicted molar refractivity (Wildman–Crippen MR) is 93.5 cm³/mol. The normalized spacial score (nSPS) is 10.7. The van der Waals surface area contributed by atoms with Crippen LogP contribution in [-0.2, 0) is 17.9 Å². The van der Waals surface area contributed by atoms with E-state index in [0.29, 0.717) is 13.2 Å². The molecule has 118 valence electrons. The van der Waals surface area contributed by atoms with Crippen LogP contribution in [0.15, 0.2) is 46.9 Å². The van der Waals surface area contributed by atoms with Gasteiger partial charge >= 0.3 is 0 Å². The van der Waals surface area contributed by atoms with Gasteiger partial charge < -0.3 is 14.8 Å². The van der Waals surface area contributed by atoms with Gasteiger partial charge in [-0.1, -0.05) is 45.7 Å². The number of rotatable bonds is 8. The van der Waals surface area contributed by atoms with E-state index in [0.717, 1.165) is 39.5 Å². The quantitative estimate of drug-likeness (QED) is 0.684. The summed E-state index contributed by atoms with van der Waals surface area (Å²) in [5.74, 6) is 0.855. The largest absolute Gasteiger partial charge is 0.489 e. The molecule has 0 heterocycles. The van der Waals surface area contributed by atoms with E-state index in [1.807, 2.05) is 36.4 Å². The summed E-state index contributed by atoms with van der Waals surface area (Å²) in [7, 11) is 1.69. The van der Waals surface area contributed by atoms with Gasteiger partial charge in [0.1, 0.15) is 12.4 Å². The van der Waals surface area contributed by atoms with Crippen LogP contribution >= 0.6 is 27.5 Å². The number of benzene rings is 2. The first kappa shape index (κ1) is 17.3. The monoisotopic (exact) mass is 383 g/mol. The van der Waals surface area contributed by atoms with Crippen molar-refractivity contribution in [2.24, 2.45) is 0 Å². The molecule has 0 aliphatic rings. The average Bonchev–Trinajstić information content (AvgIpc) is 2.52. The van der Waals surface area contributed by atoms with E-state index in [9.17, 15) is 0 Å². The molecule has 2 rings (SSSR count). The van der Waals surface area contributed by atoms with E-state index in [4.69, 9.17) is 21.1 Å². The lowest BCUT2D eigenvalue weighted by Crippen LogP contribution is -2.19.